The van der Waals surface area contributed by atoms with E-state index in [1.54, 1.807) is 0 Å². The van der Waals surface area contributed by atoms with Gasteiger partial charge in [0.25, 0.3) is 0 Å². The molecule has 2 rings (SSSR count). The average Bonchev–Trinajstić information content (AvgIpc) is 2.75. The molecule has 21 heavy (non-hydrogen) atoms. The van der Waals surface area contributed by atoms with Crippen LogP contribution in [0.5, 0.6) is 0 Å². The summed E-state index contributed by atoms with van der Waals surface area (Å²) in [6.45, 7) is 0. The molecule has 0 bridgehead atoms. The number of hydrogen-bond acceptors (Lipinski definition) is 3. The van der Waals surface area contributed by atoms with Gasteiger partial charge in [-0.2, -0.15) is 31.3 Å². The average molecular weight is 351 g/mol. The van der Waals surface area contributed by atoms with Crippen LogP contribution in [-0.2, 0) is 12.4 Å². The number of aromatic nitrogens is 2. The van der Waals surface area contributed by atoms with Crippen molar-refractivity contribution in [3.63, 3.8) is 0 Å². The molecule has 0 amide bonds. The molecule has 0 radical (unpaired) electrons. The lowest BCUT2D eigenvalue weighted by molar-refractivity contribution is -0.159. The Morgan fingerprint density at radius 1 is 0.905 bits per heavy atom. The summed E-state index contributed by atoms with van der Waals surface area (Å²) in [6.07, 6.45) is -9.60. The predicted octanol–water partition coefficient (Wildman–Crippen LogP) is 5.08. The van der Waals surface area contributed by atoms with Crippen LogP contribution in [0, 0.1) is 0 Å². The molecule has 11 heteroatoms. The topological polar surface area (TPSA) is 38.9 Å². The second-order valence-electron chi connectivity index (χ2n) is 3.73. The highest BCUT2D eigenvalue weighted by Gasteiger charge is 2.39. The first-order valence-electron chi connectivity index (χ1n) is 4.97. The molecule has 114 valence electrons. The van der Waals surface area contributed by atoms with Crippen LogP contribution in [0.4, 0.5) is 26.3 Å². The summed E-state index contributed by atoms with van der Waals surface area (Å²) in [6, 6.07) is 1.01. The molecule has 0 fully saturated rings. The zero-order valence-electron chi connectivity index (χ0n) is 9.48. The maximum atomic E-state index is 12.5. The lowest BCUT2D eigenvalue weighted by Gasteiger charge is -2.10. The molecule has 0 aliphatic carbocycles. The first-order valence-corrected chi connectivity index (χ1v) is 5.73. The lowest BCUT2D eigenvalue weighted by Crippen LogP contribution is -2.06. The smallest absolute Gasteiger partial charge is 0.329 e. The molecule has 1 aromatic carbocycles. The van der Waals surface area contributed by atoms with Gasteiger partial charge in [-0.3, -0.25) is 0 Å². The van der Waals surface area contributed by atoms with Gasteiger partial charge in [-0.25, -0.2) is 0 Å². The van der Waals surface area contributed by atoms with E-state index in [1.807, 2.05) is 0 Å². The summed E-state index contributed by atoms with van der Waals surface area (Å²) in [7, 11) is 0. The van der Waals surface area contributed by atoms with Gasteiger partial charge in [0, 0.05) is 0 Å². The normalized spacial score (nSPS) is 12.8. The summed E-state index contributed by atoms with van der Waals surface area (Å²) in [5.74, 6) is -2.32. The minimum atomic E-state index is -4.89. The first-order chi connectivity index (χ1) is 9.50. The quantitative estimate of drug-likeness (QED) is 0.673. The number of rotatable bonds is 1. The van der Waals surface area contributed by atoms with Crippen LogP contribution in [-0.4, -0.2) is 10.1 Å². The van der Waals surface area contributed by atoms with Crippen molar-refractivity contribution in [2.24, 2.45) is 0 Å². The number of nitrogens with zero attached hydrogens (tertiary/aromatic N) is 2. The Balaban J connectivity index is 2.53. The van der Waals surface area contributed by atoms with E-state index >= 15 is 0 Å². The molecule has 0 saturated heterocycles. The van der Waals surface area contributed by atoms with E-state index in [-0.39, 0.29) is 5.56 Å². The van der Waals surface area contributed by atoms with Crippen LogP contribution in [0.2, 0.25) is 10.0 Å². The molecule has 0 aliphatic rings. The fourth-order valence-corrected chi connectivity index (χ4v) is 2.05. The van der Waals surface area contributed by atoms with E-state index in [2.05, 4.69) is 14.7 Å². The van der Waals surface area contributed by atoms with Gasteiger partial charge >= 0.3 is 18.2 Å². The highest BCUT2D eigenvalue weighted by atomic mass is 35.5. The van der Waals surface area contributed by atoms with Crippen molar-refractivity contribution in [3.8, 4) is 11.4 Å². The Bertz CT molecular complexity index is 656. The Morgan fingerprint density at radius 3 is 1.81 bits per heavy atom. The van der Waals surface area contributed by atoms with Gasteiger partial charge in [-0.05, 0) is 12.1 Å². The maximum Gasteiger partial charge on any atom is 0.471 e. The van der Waals surface area contributed by atoms with E-state index in [0.29, 0.717) is 12.1 Å². The molecule has 0 N–H and O–H groups in total. The molecule has 2 aromatic rings. The third-order valence-corrected chi connectivity index (χ3v) is 2.86. The molecule has 0 saturated carbocycles. The fraction of sp³-hybridized carbons (Fsp3) is 0.200. The minimum absolute atomic E-state index is 0.384. The standard InChI is InChI=1S/C10H2Cl2F6N2O/c11-4-1-3(9(13,14)15)2-5(12)6(4)7-19-8(21-20-7)10(16,17)18/h1-2H. The van der Waals surface area contributed by atoms with Crippen LogP contribution in [0.1, 0.15) is 11.5 Å². The van der Waals surface area contributed by atoms with E-state index in [1.165, 1.54) is 0 Å². The molecule has 0 atom stereocenters. The molecule has 1 heterocycles. The van der Waals surface area contributed by atoms with E-state index in [0.717, 1.165) is 0 Å². The van der Waals surface area contributed by atoms with Gasteiger partial charge in [0.2, 0.25) is 5.82 Å². The fourth-order valence-electron chi connectivity index (χ4n) is 1.39. The zero-order chi connectivity index (χ0) is 16.0. The van der Waals surface area contributed by atoms with E-state index < -0.39 is 39.7 Å². The third-order valence-electron chi connectivity index (χ3n) is 2.26. The molecule has 0 unspecified atom stereocenters. The van der Waals surface area contributed by atoms with Crippen LogP contribution in [0.15, 0.2) is 16.7 Å². The number of alkyl halides is 6. The van der Waals surface area contributed by atoms with Gasteiger partial charge in [-0.15, -0.1) is 0 Å². The van der Waals surface area contributed by atoms with E-state index in [9.17, 15) is 26.3 Å². The molecular weight excluding hydrogens is 349 g/mol. The van der Waals surface area contributed by atoms with Gasteiger partial charge in [0.1, 0.15) is 0 Å². The molecule has 3 nitrogen and oxygen atoms in total. The Hall–Kier alpha value is -1.48. The second-order valence-corrected chi connectivity index (χ2v) is 4.55. The van der Waals surface area contributed by atoms with Gasteiger partial charge in [0.05, 0.1) is 21.2 Å². The largest absolute Gasteiger partial charge is 0.471 e. The Morgan fingerprint density at radius 2 is 1.43 bits per heavy atom. The van der Waals surface area contributed by atoms with Crippen molar-refractivity contribution in [2.75, 3.05) is 0 Å². The monoisotopic (exact) mass is 350 g/mol. The van der Waals surface area contributed by atoms with Gasteiger partial charge in [0.15, 0.2) is 0 Å². The summed E-state index contributed by atoms with van der Waals surface area (Å²) in [5.41, 5.74) is -1.54. The number of benzene rings is 1. The third kappa shape index (κ3) is 3.24. The maximum absolute atomic E-state index is 12.5. The first kappa shape index (κ1) is 15.9. The van der Waals surface area contributed by atoms with Crippen LogP contribution in [0.25, 0.3) is 11.4 Å². The van der Waals surface area contributed by atoms with Crippen LogP contribution in [0.3, 0.4) is 0 Å². The van der Waals surface area contributed by atoms with Crippen LogP contribution >= 0.6 is 23.2 Å². The van der Waals surface area contributed by atoms with E-state index in [4.69, 9.17) is 23.2 Å². The van der Waals surface area contributed by atoms with Crippen molar-refractivity contribution in [3.05, 3.63) is 33.6 Å². The van der Waals surface area contributed by atoms with Crippen molar-refractivity contribution in [2.45, 2.75) is 12.4 Å². The molecule has 1 aromatic heterocycles. The zero-order valence-corrected chi connectivity index (χ0v) is 11.0. The summed E-state index contributed by atoms with van der Waals surface area (Å²) >= 11 is 11.2. The van der Waals surface area contributed by atoms with Crippen molar-refractivity contribution >= 4 is 23.2 Å². The minimum Gasteiger partial charge on any atom is -0.329 e. The van der Waals surface area contributed by atoms with Crippen molar-refractivity contribution in [1.82, 2.24) is 10.1 Å². The second kappa shape index (κ2) is 5.06. The Labute approximate surface area is 122 Å². The summed E-state index contributed by atoms with van der Waals surface area (Å²) in [4.78, 5) is 3.01. The van der Waals surface area contributed by atoms with Crippen LogP contribution < -0.4 is 0 Å². The molecular formula is C10H2Cl2F6N2O. The van der Waals surface area contributed by atoms with Gasteiger partial charge < -0.3 is 4.52 Å². The lowest BCUT2D eigenvalue weighted by atomic mass is 10.1. The summed E-state index contributed by atoms with van der Waals surface area (Å²) < 4.78 is 78.5. The SMILES string of the molecule is FC(F)(F)c1cc(Cl)c(-c2noc(C(F)(F)F)n2)c(Cl)c1. The highest BCUT2D eigenvalue weighted by Crippen LogP contribution is 2.40. The van der Waals surface area contributed by atoms with Crippen molar-refractivity contribution < 1.29 is 30.9 Å². The number of hydrogen-bond donors (Lipinski definition) is 0. The van der Waals surface area contributed by atoms with Crippen molar-refractivity contribution in [1.29, 1.82) is 0 Å². The Kier molecular flexibility index (Phi) is 3.83. The van der Waals surface area contributed by atoms with Gasteiger partial charge in [-0.1, -0.05) is 28.4 Å². The number of halogens is 8. The predicted molar refractivity (Wildman–Crippen MR) is 59.8 cm³/mol. The molecule has 0 aliphatic heterocycles. The molecule has 0 spiro atoms. The highest BCUT2D eigenvalue weighted by molar-refractivity contribution is 6.39. The summed E-state index contributed by atoms with van der Waals surface area (Å²) in [5, 5.41) is 1.91.